The molecule has 0 amide bonds. The van der Waals surface area contributed by atoms with Crippen molar-refractivity contribution in [1.29, 1.82) is 0 Å². The van der Waals surface area contributed by atoms with Crippen LogP contribution in [0.15, 0.2) is 0 Å². The van der Waals surface area contributed by atoms with E-state index in [4.69, 9.17) is 5.73 Å². The lowest BCUT2D eigenvalue weighted by Gasteiger charge is -2.19. The summed E-state index contributed by atoms with van der Waals surface area (Å²) in [6.07, 6.45) is -1.83. The highest BCUT2D eigenvalue weighted by Gasteiger charge is 2.29. The van der Waals surface area contributed by atoms with Crippen molar-refractivity contribution in [2.75, 3.05) is 6.54 Å². The van der Waals surface area contributed by atoms with Crippen LogP contribution in [0.3, 0.4) is 0 Å². The van der Waals surface area contributed by atoms with E-state index in [-0.39, 0.29) is 6.04 Å². The van der Waals surface area contributed by atoms with Crippen LogP contribution in [0.25, 0.3) is 0 Å². The van der Waals surface area contributed by atoms with Gasteiger partial charge in [-0.3, -0.25) is 0 Å². The quantitative estimate of drug-likeness (QED) is 0.698. The zero-order valence-electron chi connectivity index (χ0n) is 11.0. The molecule has 2 nitrogen and oxygen atoms in total. The summed E-state index contributed by atoms with van der Waals surface area (Å²) in [5.41, 5.74) is 5.63. The third-order valence-corrected chi connectivity index (χ3v) is 2.71. The van der Waals surface area contributed by atoms with Crippen molar-refractivity contribution >= 4 is 0 Å². The number of hydrogen-bond donors (Lipinski definition) is 2. The lowest BCUT2D eigenvalue weighted by molar-refractivity contribution is -0.139. The van der Waals surface area contributed by atoms with E-state index in [1.807, 2.05) is 6.92 Å². The lowest BCUT2D eigenvalue weighted by Crippen LogP contribution is -2.34. The van der Waals surface area contributed by atoms with Crippen LogP contribution in [-0.4, -0.2) is 24.8 Å². The van der Waals surface area contributed by atoms with Gasteiger partial charge in [-0.2, -0.15) is 13.2 Å². The lowest BCUT2D eigenvalue weighted by atomic mass is 10.0. The van der Waals surface area contributed by atoms with E-state index in [0.29, 0.717) is 12.5 Å². The van der Waals surface area contributed by atoms with Crippen LogP contribution >= 0.6 is 0 Å². The largest absolute Gasteiger partial charge is 0.390 e. The van der Waals surface area contributed by atoms with E-state index >= 15 is 0 Å². The first-order valence-electron chi connectivity index (χ1n) is 6.26. The standard InChI is InChI=1S/C12H25F3N2/c1-9(5-4-6-10(2)16)8-17-11(3)7-12(13,14)15/h9-11,17H,4-8,16H2,1-3H3. The minimum atomic E-state index is -4.08. The molecule has 3 atom stereocenters. The fourth-order valence-electron chi connectivity index (χ4n) is 1.71. The summed E-state index contributed by atoms with van der Waals surface area (Å²) in [6.45, 7) is 6.22. The number of nitrogens with two attached hydrogens (primary N) is 1. The highest BCUT2D eigenvalue weighted by atomic mass is 19.4. The summed E-state index contributed by atoms with van der Waals surface area (Å²) < 4.78 is 36.2. The molecule has 0 fully saturated rings. The monoisotopic (exact) mass is 254 g/mol. The molecule has 0 aliphatic carbocycles. The van der Waals surface area contributed by atoms with Crippen LogP contribution in [0, 0.1) is 5.92 Å². The van der Waals surface area contributed by atoms with Crippen molar-refractivity contribution < 1.29 is 13.2 Å². The van der Waals surface area contributed by atoms with Gasteiger partial charge in [-0.25, -0.2) is 0 Å². The van der Waals surface area contributed by atoms with Crippen LogP contribution < -0.4 is 11.1 Å². The minimum Gasteiger partial charge on any atom is -0.328 e. The van der Waals surface area contributed by atoms with Crippen molar-refractivity contribution in [2.45, 2.75) is 64.7 Å². The van der Waals surface area contributed by atoms with Crippen LogP contribution in [0.1, 0.15) is 46.5 Å². The topological polar surface area (TPSA) is 38.0 Å². The zero-order valence-corrected chi connectivity index (χ0v) is 11.0. The maximum absolute atomic E-state index is 12.1. The maximum Gasteiger partial charge on any atom is 0.390 e. The van der Waals surface area contributed by atoms with Gasteiger partial charge in [-0.15, -0.1) is 0 Å². The number of hydrogen-bond acceptors (Lipinski definition) is 2. The smallest absolute Gasteiger partial charge is 0.328 e. The Hall–Kier alpha value is -0.290. The van der Waals surface area contributed by atoms with Crippen molar-refractivity contribution in [3.05, 3.63) is 0 Å². The molecule has 17 heavy (non-hydrogen) atoms. The molecule has 0 saturated heterocycles. The van der Waals surface area contributed by atoms with E-state index in [1.54, 1.807) is 6.92 Å². The molecule has 0 aromatic rings. The van der Waals surface area contributed by atoms with Gasteiger partial charge in [0.2, 0.25) is 0 Å². The fourth-order valence-corrected chi connectivity index (χ4v) is 1.71. The Kier molecular flexibility index (Phi) is 7.79. The Balaban J connectivity index is 3.59. The molecule has 0 saturated carbocycles. The van der Waals surface area contributed by atoms with E-state index in [9.17, 15) is 13.2 Å². The van der Waals surface area contributed by atoms with Gasteiger partial charge in [0, 0.05) is 12.1 Å². The van der Waals surface area contributed by atoms with Gasteiger partial charge >= 0.3 is 6.18 Å². The van der Waals surface area contributed by atoms with Crippen molar-refractivity contribution in [2.24, 2.45) is 11.7 Å². The first-order valence-corrected chi connectivity index (χ1v) is 6.26. The summed E-state index contributed by atoms with van der Waals surface area (Å²) in [4.78, 5) is 0. The van der Waals surface area contributed by atoms with E-state index in [2.05, 4.69) is 12.2 Å². The number of halogens is 3. The summed E-state index contributed by atoms with van der Waals surface area (Å²) in [6, 6.07) is -0.301. The summed E-state index contributed by atoms with van der Waals surface area (Å²) >= 11 is 0. The molecular weight excluding hydrogens is 229 g/mol. The van der Waals surface area contributed by atoms with Crippen molar-refractivity contribution in [1.82, 2.24) is 5.32 Å². The van der Waals surface area contributed by atoms with Gasteiger partial charge < -0.3 is 11.1 Å². The van der Waals surface area contributed by atoms with Gasteiger partial charge in [0.1, 0.15) is 0 Å². The van der Waals surface area contributed by atoms with Gasteiger partial charge in [0.05, 0.1) is 6.42 Å². The summed E-state index contributed by atoms with van der Waals surface area (Å²) in [7, 11) is 0. The molecule has 5 heteroatoms. The molecule has 0 radical (unpaired) electrons. The molecule has 0 rings (SSSR count). The van der Waals surface area contributed by atoms with Gasteiger partial charge in [-0.05, 0) is 39.2 Å². The summed E-state index contributed by atoms with van der Waals surface area (Å²) in [5.74, 6) is 0.393. The predicted molar refractivity (Wildman–Crippen MR) is 64.8 cm³/mol. The predicted octanol–water partition coefficient (Wildman–Crippen LogP) is 3.07. The summed E-state index contributed by atoms with van der Waals surface area (Å²) in [5, 5.41) is 2.93. The number of nitrogens with one attached hydrogen (secondary N) is 1. The molecule has 0 spiro atoms. The Morgan fingerprint density at radius 3 is 2.18 bits per heavy atom. The zero-order chi connectivity index (χ0) is 13.5. The van der Waals surface area contributed by atoms with Gasteiger partial charge in [-0.1, -0.05) is 13.3 Å². The molecule has 0 aromatic carbocycles. The van der Waals surface area contributed by atoms with Crippen LogP contribution in [0.2, 0.25) is 0 Å². The van der Waals surface area contributed by atoms with Crippen molar-refractivity contribution in [3.8, 4) is 0 Å². The third-order valence-electron chi connectivity index (χ3n) is 2.71. The van der Waals surface area contributed by atoms with Crippen LogP contribution in [0.4, 0.5) is 13.2 Å². The molecule has 0 bridgehead atoms. The first kappa shape index (κ1) is 16.7. The van der Waals surface area contributed by atoms with Crippen LogP contribution in [-0.2, 0) is 0 Å². The number of rotatable bonds is 8. The van der Waals surface area contributed by atoms with Crippen molar-refractivity contribution in [3.63, 3.8) is 0 Å². The van der Waals surface area contributed by atoms with E-state index in [1.165, 1.54) is 0 Å². The molecule has 0 aromatic heterocycles. The van der Waals surface area contributed by atoms with Crippen LogP contribution in [0.5, 0.6) is 0 Å². The Morgan fingerprint density at radius 2 is 1.71 bits per heavy atom. The maximum atomic E-state index is 12.1. The highest BCUT2D eigenvalue weighted by molar-refractivity contribution is 4.68. The highest BCUT2D eigenvalue weighted by Crippen LogP contribution is 2.21. The van der Waals surface area contributed by atoms with Gasteiger partial charge in [0.25, 0.3) is 0 Å². The first-order chi connectivity index (χ1) is 7.70. The molecule has 3 unspecified atom stereocenters. The Labute approximate surface area is 102 Å². The SMILES string of the molecule is CC(N)CCCC(C)CNC(C)CC(F)(F)F. The molecular formula is C12H25F3N2. The normalized spacial score (nSPS) is 17.8. The Bertz CT molecular complexity index is 193. The molecule has 104 valence electrons. The Morgan fingerprint density at radius 1 is 1.12 bits per heavy atom. The average molecular weight is 254 g/mol. The second-order valence-corrected chi connectivity index (χ2v) is 5.14. The molecule has 0 heterocycles. The second kappa shape index (κ2) is 7.93. The fraction of sp³-hybridized carbons (Fsp3) is 1.00. The van der Waals surface area contributed by atoms with E-state index in [0.717, 1.165) is 19.3 Å². The molecule has 0 aliphatic rings. The van der Waals surface area contributed by atoms with E-state index < -0.39 is 18.6 Å². The average Bonchev–Trinajstić information content (AvgIpc) is 2.11. The molecule has 0 aliphatic heterocycles. The van der Waals surface area contributed by atoms with Gasteiger partial charge in [0.15, 0.2) is 0 Å². The minimum absolute atomic E-state index is 0.208. The second-order valence-electron chi connectivity index (χ2n) is 5.14. The molecule has 3 N–H and O–H groups in total. The third kappa shape index (κ3) is 12.0. The number of alkyl halides is 3.